The maximum Gasteiger partial charge on any atom is 0.123 e. The first kappa shape index (κ1) is 19.6. The van der Waals surface area contributed by atoms with Gasteiger partial charge in [-0.25, -0.2) is 4.39 Å². The fourth-order valence-electron chi connectivity index (χ4n) is 5.38. The monoisotopic (exact) mass is 405 g/mol. The number of anilines is 1. The molecule has 2 aromatic carbocycles. The SMILES string of the molecule is CC(C)N1CCC2(CCN(c3cccc(-c4cc5cc(F)ccc5[nH]4)c3)CC2)CC1. The van der Waals surface area contributed by atoms with Crippen LogP contribution in [0.15, 0.2) is 48.5 Å². The molecule has 3 heterocycles. The number of aromatic nitrogens is 1. The summed E-state index contributed by atoms with van der Waals surface area (Å²) >= 11 is 0. The number of piperidine rings is 2. The number of nitrogens with one attached hydrogen (secondary N) is 1. The highest BCUT2D eigenvalue weighted by molar-refractivity contribution is 5.86. The van der Waals surface area contributed by atoms with E-state index in [-0.39, 0.29) is 5.82 Å². The smallest absolute Gasteiger partial charge is 0.123 e. The molecule has 1 spiro atoms. The summed E-state index contributed by atoms with van der Waals surface area (Å²) in [6.07, 6.45) is 5.30. The van der Waals surface area contributed by atoms with Crippen LogP contribution in [0.4, 0.5) is 10.1 Å². The highest BCUT2D eigenvalue weighted by Crippen LogP contribution is 2.42. The highest BCUT2D eigenvalue weighted by atomic mass is 19.1. The zero-order chi connectivity index (χ0) is 20.7. The van der Waals surface area contributed by atoms with Crippen molar-refractivity contribution in [1.82, 2.24) is 9.88 Å². The standard InChI is InChI=1S/C26H32FN3/c1-19(2)29-12-8-26(9-13-29)10-14-30(15-11-26)23-5-3-4-20(17-23)25-18-21-16-22(27)6-7-24(21)28-25/h3-7,16-19,28H,8-15H2,1-2H3. The minimum atomic E-state index is -0.191. The minimum absolute atomic E-state index is 0.191. The summed E-state index contributed by atoms with van der Waals surface area (Å²) in [6, 6.07) is 16.4. The van der Waals surface area contributed by atoms with Crippen LogP contribution in [-0.2, 0) is 0 Å². The molecule has 2 aliphatic heterocycles. The molecule has 1 N–H and O–H groups in total. The maximum atomic E-state index is 13.5. The van der Waals surface area contributed by atoms with Crippen LogP contribution in [0.5, 0.6) is 0 Å². The Morgan fingerprint density at radius 3 is 2.37 bits per heavy atom. The van der Waals surface area contributed by atoms with Gasteiger partial charge in [-0.3, -0.25) is 0 Å². The van der Waals surface area contributed by atoms with Gasteiger partial charge >= 0.3 is 0 Å². The van der Waals surface area contributed by atoms with Crippen molar-refractivity contribution in [1.29, 1.82) is 0 Å². The molecule has 2 saturated heterocycles. The van der Waals surface area contributed by atoms with Crippen LogP contribution in [-0.4, -0.2) is 42.1 Å². The molecular weight excluding hydrogens is 373 g/mol. The minimum Gasteiger partial charge on any atom is -0.371 e. The van der Waals surface area contributed by atoms with Gasteiger partial charge in [-0.2, -0.15) is 0 Å². The topological polar surface area (TPSA) is 22.3 Å². The van der Waals surface area contributed by atoms with E-state index in [0.29, 0.717) is 11.5 Å². The molecule has 1 aromatic heterocycles. The van der Waals surface area contributed by atoms with Crippen LogP contribution < -0.4 is 4.90 Å². The molecular formula is C26H32FN3. The van der Waals surface area contributed by atoms with Crippen molar-refractivity contribution in [3.05, 3.63) is 54.3 Å². The Morgan fingerprint density at radius 1 is 0.900 bits per heavy atom. The van der Waals surface area contributed by atoms with E-state index in [1.165, 1.54) is 50.5 Å². The van der Waals surface area contributed by atoms with E-state index in [4.69, 9.17) is 0 Å². The second-order valence-corrected chi connectivity index (χ2v) is 9.58. The number of hydrogen-bond acceptors (Lipinski definition) is 2. The van der Waals surface area contributed by atoms with E-state index >= 15 is 0 Å². The molecule has 0 aliphatic carbocycles. The van der Waals surface area contributed by atoms with E-state index in [1.807, 2.05) is 12.1 Å². The first-order valence-electron chi connectivity index (χ1n) is 11.4. The fourth-order valence-corrected chi connectivity index (χ4v) is 5.38. The maximum absolute atomic E-state index is 13.5. The lowest BCUT2D eigenvalue weighted by Crippen LogP contribution is -2.48. The van der Waals surface area contributed by atoms with E-state index in [0.717, 1.165) is 35.2 Å². The van der Waals surface area contributed by atoms with Gasteiger partial charge in [-0.05, 0) is 100.0 Å². The third-order valence-corrected chi connectivity index (χ3v) is 7.52. The number of nitrogens with zero attached hydrogens (tertiary/aromatic N) is 2. The van der Waals surface area contributed by atoms with Crippen molar-refractivity contribution < 1.29 is 4.39 Å². The largest absolute Gasteiger partial charge is 0.371 e. The van der Waals surface area contributed by atoms with Gasteiger partial charge in [0.25, 0.3) is 0 Å². The summed E-state index contributed by atoms with van der Waals surface area (Å²) in [5.74, 6) is -0.191. The van der Waals surface area contributed by atoms with E-state index in [2.05, 4.69) is 52.9 Å². The first-order chi connectivity index (χ1) is 14.5. The van der Waals surface area contributed by atoms with Crippen LogP contribution >= 0.6 is 0 Å². The number of fused-ring (bicyclic) bond motifs is 1. The van der Waals surface area contributed by atoms with Crippen LogP contribution in [0, 0.1) is 11.2 Å². The van der Waals surface area contributed by atoms with Gasteiger partial charge in [-0.1, -0.05) is 12.1 Å². The average molecular weight is 406 g/mol. The molecule has 5 rings (SSSR count). The molecule has 4 heteroatoms. The molecule has 0 unspecified atom stereocenters. The Bertz CT molecular complexity index is 1020. The predicted molar refractivity (Wildman–Crippen MR) is 124 cm³/mol. The molecule has 3 aromatic rings. The van der Waals surface area contributed by atoms with Crippen molar-refractivity contribution in [2.75, 3.05) is 31.1 Å². The second-order valence-electron chi connectivity index (χ2n) is 9.58. The quantitative estimate of drug-likeness (QED) is 0.572. The van der Waals surface area contributed by atoms with Crippen LogP contribution in [0.25, 0.3) is 22.2 Å². The van der Waals surface area contributed by atoms with E-state index in [1.54, 1.807) is 6.07 Å². The summed E-state index contributed by atoms with van der Waals surface area (Å²) in [5, 5.41) is 0.919. The number of benzene rings is 2. The summed E-state index contributed by atoms with van der Waals surface area (Å²) in [4.78, 5) is 8.62. The average Bonchev–Trinajstić information content (AvgIpc) is 3.18. The van der Waals surface area contributed by atoms with Gasteiger partial charge in [0.1, 0.15) is 5.82 Å². The molecule has 158 valence electrons. The normalized spacial score (nSPS) is 19.8. The van der Waals surface area contributed by atoms with Crippen LogP contribution in [0.2, 0.25) is 0 Å². The van der Waals surface area contributed by atoms with Crippen molar-refractivity contribution >= 4 is 16.6 Å². The van der Waals surface area contributed by atoms with Gasteiger partial charge in [0.05, 0.1) is 0 Å². The Kier molecular flexibility index (Phi) is 5.06. The number of hydrogen-bond donors (Lipinski definition) is 1. The number of H-pyrrole nitrogens is 1. The lowest BCUT2D eigenvalue weighted by atomic mass is 9.71. The van der Waals surface area contributed by atoms with E-state index < -0.39 is 0 Å². The highest BCUT2D eigenvalue weighted by Gasteiger charge is 2.37. The third kappa shape index (κ3) is 3.74. The van der Waals surface area contributed by atoms with Gasteiger partial charge in [0.15, 0.2) is 0 Å². The number of rotatable bonds is 3. The Balaban J connectivity index is 1.29. The lowest BCUT2D eigenvalue weighted by molar-refractivity contribution is 0.0632. The Hall–Kier alpha value is -2.33. The molecule has 0 radical (unpaired) electrons. The molecule has 0 amide bonds. The molecule has 2 aliphatic rings. The Labute approximate surface area is 178 Å². The summed E-state index contributed by atoms with van der Waals surface area (Å²) in [7, 11) is 0. The zero-order valence-corrected chi connectivity index (χ0v) is 18.1. The molecule has 2 fully saturated rings. The molecule has 30 heavy (non-hydrogen) atoms. The molecule has 0 saturated carbocycles. The first-order valence-corrected chi connectivity index (χ1v) is 11.4. The number of halogens is 1. The lowest BCUT2D eigenvalue weighted by Gasteiger charge is -2.48. The number of aromatic amines is 1. The summed E-state index contributed by atoms with van der Waals surface area (Å²) in [5.41, 5.74) is 5.04. The van der Waals surface area contributed by atoms with Gasteiger partial charge in [0, 0.05) is 41.4 Å². The van der Waals surface area contributed by atoms with Crippen LogP contribution in [0.3, 0.4) is 0 Å². The van der Waals surface area contributed by atoms with Gasteiger partial charge in [0.2, 0.25) is 0 Å². The van der Waals surface area contributed by atoms with Crippen molar-refractivity contribution in [2.45, 2.75) is 45.6 Å². The van der Waals surface area contributed by atoms with Crippen molar-refractivity contribution in [2.24, 2.45) is 5.41 Å². The van der Waals surface area contributed by atoms with E-state index in [9.17, 15) is 4.39 Å². The second kappa shape index (κ2) is 7.73. The molecule has 3 nitrogen and oxygen atoms in total. The number of likely N-dealkylation sites (tertiary alicyclic amines) is 1. The summed E-state index contributed by atoms with van der Waals surface area (Å²) < 4.78 is 13.5. The van der Waals surface area contributed by atoms with Crippen LogP contribution in [0.1, 0.15) is 39.5 Å². The predicted octanol–water partition coefficient (Wildman–Crippen LogP) is 6.06. The molecule has 0 atom stereocenters. The van der Waals surface area contributed by atoms with Crippen molar-refractivity contribution in [3.63, 3.8) is 0 Å². The summed E-state index contributed by atoms with van der Waals surface area (Å²) in [6.45, 7) is 9.43. The fraction of sp³-hybridized carbons (Fsp3) is 0.462. The van der Waals surface area contributed by atoms with Crippen molar-refractivity contribution in [3.8, 4) is 11.3 Å². The zero-order valence-electron chi connectivity index (χ0n) is 18.1. The van der Waals surface area contributed by atoms with Gasteiger partial charge < -0.3 is 14.8 Å². The third-order valence-electron chi connectivity index (χ3n) is 7.52. The van der Waals surface area contributed by atoms with Gasteiger partial charge in [-0.15, -0.1) is 0 Å². The molecule has 0 bridgehead atoms. The Morgan fingerprint density at radius 2 is 1.63 bits per heavy atom.